The normalized spacial score (nSPS) is 19.7. The molecule has 0 saturated carbocycles. The summed E-state index contributed by atoms with van der Waals surface area (Å²) < 4.78 is 23.1. The lowest BCUT2D eigenvalue weighted by molar-refractivity contribution is -0.330. The first-order chi connectivity index (χ1) is 13.7. The molecule has 1 aliphatic rings. The fourth-order valence-electron chi connectivity index (χ4n) is 3.95. The van der Waals surface area contributed by atoms with Crippen LogP contribution in [0.25, 0.3) is 0 Å². The van der Waals surface area contributed by atoms with Gasteiger partial charge in [-0.15, -0.1) is 5.59 Å². The Kier molecular flexibility index (Phi) is 9.78. The lowest BCUT2D eigenvalue weighted by atomic mass is 9.82. The van der Waals surface area contributed by atoms with Gasteiger partial charge in [-0.2, -0.15) is 9.35 Å². The van der Waals surface area contributed by atoms with E-state index in [1.165, 1.54) is 25.7 Å². The maximum atomic E-state index is 9.35. The molecule has 0 amide bonds. The van der Waals surface area contributed by atoms with E-state index < -0.39 is 10.9 Å². The minimum Gasteiger partial charge on any atom is -0.303 e. The van der Waals surface area contributed by atoms with E-state index in [9.17, 15) is 9.11 Å². The predicted molar refractivity (Wildman–Crippen MR) is 125 cm³/mol. The zero-order chi connectivity index (χ0) is 23.2. The van der Waals surface area contributed by atoms with Crippen molar-refractivity contribution in [3.05, 3.63) is 29.8 Å². The van der Waals surface area contributed by atoms with Crippen molar-refractivity contribution in [2.75, 3.05) is 0 Å². The van der Waals surface area contributed by atoms with Gasteiger partial charge in [-0.05, 0) is 86.3 Å². The Labute approximate surface area is 184 Å². The summed E-state index contributed by atoms with van der Waals surface area (Å²) >= 11 is 0. The van der Waals surface area contributed by atoms with Gasteiger partial charge in [-0.1, -0.05) is 31.0 Å². The fraction of sp³-hybridized carbons (Fsp3) is 0.727. The Balaban J connectivity index is 0.000000311. The van der Waals surface area contributed by atoms with Crippen molar-refractivity contribution in [2.24, 2.45) is 5.84 Å². The first kappa shape index (κ1) is 27.3. The molecule has 5 N–H and O–H groups in total. The van der Waals surface area contributed by atoms with Gasteiger partial charge in [0.25, 0.3) is 0 Å². The number of aryl methyl sites for hydroxylation is 1. The minimum atomic E-state index is -3.26. The molecule has 0 radical (unpaired) electrons. The number of rotatable bonds is 7. The summed E-state index contributed by atoms with van der Waals surface area (Å²) in [4.78, 5) is 6.67. The second-order valence-corrected chi connectivity index (χ2v) is 11.5. The molecule has 0 unspecified atom stereocenters. The fourth-order valence-corrected chi connectivity index (χ4v) is 4.67. The molecule has 30 heavy (non-hydrogen) atoms. The largest absolute Gasteiger partial charge is 0.303 e. The van der Waals surface area contributed by atoms with Gasteiger partial charge in [-0.25, -0.2) is 5.84 Å². The quantitative estimate of drug-likeness (QED) is 0.304. The van der Waals surface area contributed by atoms with E-state index in [1.54, 1.807) is 29.9 Å². The van der Waals surface area contributed by atoms with Gasteiger partial charge in [0.15, 0.2) is 0 Å². The Morgan fingerprint density at radius 1 is 1.10 bits per heavy atom. The number of nitrogens with two attached hydrogens (primary N) is 1. The van der Waals surface area contributed by atoms with Gasteiger partial charge >= 0.3 is 0 Å². The summed E-state index contributed by atoms with van der Waals surface area (Å²) in [7, 11) is -3.26. The average molecular weight is 446 g/mol. The molecule has 1 saturated heterocycles. The van der Waals surface area contributed by atoms with E-state index in [1.807, 2.05) is 6.92 Å². The molecule has 0 atom stereocenters. The van der Waals surface area contributed by atoms with Gasteiger partial charge in [0, 0.05) is 11.1 Å². The second kappa shape index (κ2) is 10.7. The third-order valence-electron chi connectivity index (χ3n) is 5.36. The van der Waals surface area contributed by atoms with Gasteiger partial charge in [0.05, 0.1) is 10.5 Å². The topological polar surface area (TPSA) is 100 Å². The van der Waals surface area contributed by atoms with Crippen LogP contribution in [0.15, 0.2) is 29.2 Å². The summed E-state index contributed by atoms with van der Waals surface area (Å²) in [5.41, 5.74) is 3.02. The van der Waals surface area contributed by atoms with Crippen molar-refractivity contribution in [1.82, 2.24) is 10.7 Å². The maximum Gasteiger partial charge on any atom is 0.134 e. The van der Waals surface area contributed by atoms with E-state index in [2.05, 4.69) is 57.8 Å². The molecular formula is C22H43N3O4S. The molecule has 1 heterocycles. The molecule has 2 rings (SSSR count). The highest BCUT2D eigenvalue weighted by Gasteiger charge is 2.44. The van der Waals surface area contributed by atoms with E-state index in [-0.39, 0.29) is 21.6 Å². The van der Waals surface area contributed by atoms with Crippen molar-refractivity contribution in [3.63, 3.8) is 0 Å². The summed E-state index contributed by atoms with van der Waals surface area (Å²) in [6.45, 7) is 17.7. The monoisotopic (exact) mass is 445 g/mol. The summed E-state index contributed by atoms with van der Waals surface area (Å²) in [6, 6.07) is 6.65. The zero-order valence-corrected chi connectivity index (χ0v) is 20.8. The van der Waals surface area contributed by atoms with Crippen molar-refractivity contribution in [3.8, 4) is 0 Å². The SMILES string of the molecule is CCCC(C)(C)ON1C(C)(C)CCCC1(C)C.Cc1ccc(S(O)(O)ONN)cc1. The Morgan fingerprint density at radius 2 is 1.60 bits per heavy atom. The molecule has 1 aromatic rings. The molecule has 1 aromatic carbocycles. The third kappa shape index (κ3) is 8.09. The summed E-state index contributed by atoms with van der Waals surface area (Å²) in [5, 5.41) is 2.28. The number of hydrogen-bond acceptors (Lipinski definition) is 7. The predicted octanol–water partition coefficient (Wildman–Crippen LogP) is 5.95. The molecule has 1 fully saturated rings. The summed E-state index contributed by atoms with van der Waals surface area (Å²) in [5.74, 6) is 4.81. The van der Waals surface area contributed by atoms with Crippen molar-refractivity contribution in [1.29, 1.82) is 0 Å². The van der Waals surface area contributed by atoms with Crippen LogP contribution in [-0.2, 0) is 9.12 Å². The van der Waals surface area contributed by atoms with Gasteiger partial charge < -0.3 is 9.11 Å². The highest BCUT2D eigenvalue weighted by Crippen LogP contribution is 2.47. The minimum absolute atomic E-state index is 0.0549. The maximum absolute atomic E-state index is 9.35. The molecule has 0 bridgehead atoms. The van der Waals surface area contributed by atoms with Crippen LogP contribution in [0.1, 0.15) is 86.1 Å². The van der Waals surface area contributed by atoms with E-state index in [0.29, 0.717) is 0 Å². The van der Waals surface area contributed by atoms with Crippen LogP contribution >= 0.6 is 10.9 Å². The summed E-state index contributed by atoms with van der Waals surface area (Å²) in [6.07, 6.45) is 6.02. The molecule has 0 aliphatic carbocycles. The number of hydrogen-bond donors (Lipinski definition) is 4. The lowest BCUT2D eigenvalue weighted by Crippen LogP contribution is -2.60. The number of nitrogens with zero attached hydrogens (tertiary/aromatic N) is 1. The Hall–Kier alpha value is -0.710. The Bertz CT molecular complexity index is 632. The highest BCUT2D eigenvalue weighted by atomic mass is 32.3. The molecule has 176 valence electrons. The van der Waals surface area contributed by atoms with Crippen LogP contribution in [0.4, 0.5) is 0 Å². The molecule has 7 nitrogen and oxygen atoms in total. The van der Waals surface area contributed by atoms with Crippen LogP contribution in [0.5, 0.6) is 0 Å². The zero-order valence-electron chi connectivity index (χ0n) is 20.0. The van der Waals surface area contributed by atoms with Crippen molar-refractivity contribution < 1.29 is 18.2 Å². The molecule has 1 aliphatic heterocycles. The molecule has 0 aromatic heterocycles. The van der Waals surface area contributed by atoms with Crippen LogP contribution in [0.3, 0.4) is 0 Å². The number of nitrogens with one attached hydrogen (secondary N) is 1. The van der Waals surface area contributed by atoms with Crippen LogP contribution in [-0.4, -0.2) is 30.8 Å². The second-order valence-electron chi connectivity index (χ2n) is 9.88. The third-order valence-corrected chi connectivity index (χ3v) is 6.57. The van der Waals surface area contributed by atoms with Crippen molar-refractivity contribution >= 4 is 10.9 Å². The number of hydroxylamine groups is 2. The number of hydrazine groups is 1. The van der Waals surface area contributed by atoms with Crippen LogP contribution in [0.2, 0.25) is 0 Å². The van der Waals surface area contributed by atoms with Gasteiger partial charge in [0.1, 0.15) is 10.9 Å². The van der Waals surface area contributed by atoms with E-state index in [0.717, 1.165) is 12.0 Å². The van der Waals surface area contributed by atoms with Gasteiger partial charge in [-0.3, -0.25) is 4.84 Å². The van der Waals surface area contributed by atoms with Crippen LogP contribution < -0.4 is 11.4 Å². The molecule has 0 spiro atoms. The smallest absolute Gasteiger partial charge is 0.134 e. The van der Waals surface area contributed by atoms with E-state index in [4.69, 9.17) is 10.7 Å². The highest BCUT2D eigenvalue weighted by molar-refractivity contribution is 8.20. The van der Waals surface area contributed by atoms with Gasteiger partial charge in [0.2, 0.25) is 0 Å². The average Bonchev–Trinajstić information content (AvgIpc) is 2.59. The molecular weight excluding hydrogens is 402 g/mol. The van der Waals surface area contributed by atoms with Crippen molar-refractivity contribution in [2.45, 2.75) is 109 Å². The first-order valence-corrected chi connectivity index (χ1v) is 12.1. The number of piperidine rings is 1. The standard InChI is InChI=1S/C15H31NO.C7H12N2O3S/c1-8-10-15(6,7)17-16-13(2,3)11-9-12-14(16,4)5;1-6-2-4-7(5-3-6)13(10,11)12-9-8/h8-12H2,1-7H3;2-5,9-11H,8H2,1H3. The molecule has 8 heteroatoms. The lowest BCUT2D eigenvalue weighted by Gasteiger charge is -2.53. The first-order valence-electron chi connectivity index (χ1n) is 10.7. The van der Waals surface area contributed by atoms with E-state index >= 15 is 0 Å². The van der Waals surface area contributed by atoms with Crippen LogP contribution in [0, 0.1) is 6.92 Å². The Morgan fingerprint density at radius 3 is 2.03 bits per heavy atom. The number of benzene rings is 1.